The van der Waals surface area contributed by atoms with Crippen molar-refractivity contribution in [2.45, 2.75) is 49.2 Å². The highest BCUT2D eigenvalue weighted by molar-refractivity contribution is 7.99. The second-order valence-corrected chi connectivity index (χ2v) is 10.2. The molecule has 164 valence electrons. The third-order valence-corrected chi connectivity index (χ3v) is 8.01. The standard InChI is InChI=1S/C18H24ClN5O4S2/c1-2-8-24-17(26)21-22-18(24)29-12-16(25)20-13-6-7-14(19)15(11-13)30(27,28)23-9-4-3-5-10-23/h6-7,11H,2-5,8-10,12H2,1H3,(H,20,25)(H,21,26). The Hall–Kier alpha value is -1.82. The minimum atomic E-state index is -3.72. The number of H-pyrrole nitrogens is 1. The molecule has 0 bridgehead atoms. The van der Waals surface area contributed by atoms with Gasteiger partial charge in [-0.05, 0) is 37.5 Å². The molecule has 1 amide bonds. The summed E-state index contributed by atoms with van der Waals surface area (Å²) in [6.07, 6.45) is 3.41. The average Bonchev–Trinajstić information content (AvgIpc) is 3.08. The number of piperidine rings is 1. The molecule has 2 heterocycles. The molecule has 0 radical (unpaired) electrons. The summed E-state index contributed by atoms with van der Waals surface area (Å²) in [5.41, 5.74) is 0.0265. The Balaban J connectivity index is 1.69. The summed E-state index contributed by atoms with van der Waals surface area (Å²) in [4.78, 5) is 24.1. The van der Waals surface area contributed by atoms with E-state index in [1.165, 1.54) is 21.0 Å². The highest BCUT2D eigenvalue weighted by atomic mass is 35.5. The lowest BCUT2D eigenvalue weighted by atomic mass is 10.2. The predicted octanol–water partition coefficient (Wildman–Crippen LogP) is 2.54. The van der Waals surface area contributed by atoms with Crippen LogP contribution in [0.15, 0.2) is 33.0 Å². The molecule has 0 atom stereocenters. The summed E-state index contributed by atoms with van der Waals surface area (Å²) in [5.74, 6) is -0.327. The molecule has 0 unspecified atom stereocenters. The molecule has 2 N–H and O–H groups in total. The normalized spacial score (nSPS) is 15.3. The van der Waals surface area contributed by atoms with Gasteiger partial charge in [-0.15, -0.1) is 5.10 Å². The largest absolute Gasteiger partial charge is 0.343 e. The van der Waals surface area contributed by atoms with Crippen LogP contribution < -0.4 is 11.0 Å². The zero-order valence-electron chi connectivity index (χ0n) is 16.6. The second kappa shape index (κ2) is 9.99. The van der Waals surface area contributed by atoms with E-state index in [2.05, 4.69) is 15.5 Å². The predicted molar refractivity (Wildman–Crippen MR) is 117 cm³/mol. The van der Waals surface area contributed by atoms with Crippen LogP contribution in [-0.2, 0) is 21.4 Å². The van der Waals surface area contributed by atoms with E-state index in [1.807, 2.05) is 6.92 Å². The van der Waals surface area contributed by atoms with Gasteiger partial charge in [0.2, 0.25) is 15.9 Å². The number of anilines is 1. The molecule has 0 saturated carbocycles. The van der Waals surface area contributed by atoms with Crippen LogP contribution in [0.3, 0.4) is 0 Å². The number of hydrogen-bond donors (Lipinski definition) is 2. The highest BCUT2D eigenvalue weighted by Crippen LogP contribution is 2.29. The van der Waals surface area contributed by atoms with Gasteiger partial charge in [-0.3, -0.25) is 9.36 Å². The fourth-order valence-corrected chi connectivity index (χ4v) is 5.97. The van der Waals surface area contributed by atoms with Crippen molar-refractivity contribution in [3.8, 4) is 0 Å². The fraction of sp³-hybridized carbons (Fsp3) is 0.500. The van der Waals surface area contributed by atoms with Gasteiger partial charge >= 0.3 is 5.69 Å². The molecule has 1 aliphatic rings. The van der Waals surface area contributed by atoms with Crippen LogP contribution in [0.5, 0.6) is 0 Å². The lowest BCUT2D eigenvalue weighted by Gasteiger charge is -2.26. The van der Waals surface area contributed by atoms with E-state index < -0.39 is 10.0 Å². The molecule has 1 aliphatic heterocycles. The minimum Gasteiger partial charge on any atom is -0.325 e. The molecule has 1 aromatic carbocycles. The number of nitrogens with one attached hydrogen (secondary N) is 2. The Labute approximate surface area is 184 Å². The Morgan fingerprint density at radius 3 is 2.73 bits per heavy atom. The van der Waals surface area contributed by atoms with E-state index in [9.17, 15) is 18.0 Å². The van der Waals surface area contributed by atoms with Crippen LogP contribution >= 0.6 is 23.4 Å². The first-order valence-electron chi connectivity index (χ1n) is 9.70. The maximum Gasteiger partial charge on any atom is 0.343 e. The number of carbonyl (C=O) groups excluding carboxylic acids is 1. The number of nitrogens with zero attached hydrogens (tertiary/aromatic N) is 3. The van der Waals surface area contributed by atoms with Crippen molar-refractivity contribution in [3.63, 3.8) is 0 Å². The number of thioether (sulfide) groups is 1. The summed E-state index contributed by atoms with van der Waals surface area (Å²) < 4.78 is 28.8. The van der Waals surface area contributed by atoms with E-state index in [4.69, 9.17) is 11.6 Å². The summed E-state index contributed by atoms with van der Waals surface area (Å²) >= 11 is 7.29. The maximum absolute atomic E-state index is 12.9. The summed E-state index contributed by atoms with van der Waals surface area (Å²) in [5, 5.41) is 9.54. The molecule has 0 aliphatic carbocycles. The van der Waals surface area contributed by atoms with Crippen molar-refractivity contribution < 1.29 is 13.2 Å². The Morgan fingerprint density at radius 1 is 1.30 bits per heavy atom. The zero-order chi connectivity index (χ0) is 21.7. The third kappa shape index (κ3) is 5.26. The number of halogens is 1. The number of carbonyl (C=O) groups is 1. The van der Waals surface area contributed by atoms with E-state index in [-0.39, 0.29) is 27.3 Å². The van der Waals surface area contributed by atoms with Gasteiger partial charge in [0.15, 0.2) is 5.16 Å². The SMILES string of the molecule is CCCn1c(SCC(=O)Nc2ccc(Cl)c(S(=O)(=O)N3CCCCC3)c2)n[nH]c1=O. The van der Waals surface area contributed by atoms with Gasteiger partial charge in [-0.1, -0.05) is 36.7 Å². The highest BCUT2D eigenvalue weighted by Gasteiger charge is 2.28. The number of rotatable bonds is 8. The number of aromatic nitrogens is 3. The number of benzene rings is 1. The molecule has 3 rings (SSSR count). The molecule has 1 fully saturated rings. The van der Waals surface area contributed by atoms with Gasteiger partial charge in [-0.2, -0.15) is 4.31 Å². The third-order valence-electron chi connectivity index (χ3n) is 4.65. The molecular weight excluding hydrogens is 450 g/mol. The molecular formula is C18H24ClN5O4S2. The van der Waals surface area contributed by atoms with Crippen molar-refractivity contribution in [1.29, 1.82) is 0 Å². The van der Waals surface area contributed by atoms with E-state index in [0.717, 1.165) is 37.4 Å². The van der Waals surface area contributed by atoms with Crippen LogP contribution in [0.2, 0.25) is 5.02 Å². The van der Waals surface area contributed by atoms with Crippen LogP contribution in [0.1, 0.15) is 32.6 Å². The average molecular weight is 474 g/mol. The first-order valence-corrected chi connectivity index (χ1v) is 12.5. The fourth-order valence-electron chi connectivity index (χ4n) is 3.18. The number of amides is 1. The monoisotopic (exact) mass is 473 g/mol. The molecule has 1 aromatic heterocycles. The first kappa shape index (κ1) is 22.9. The van der Waals surface area contributed by atoms with E-state index in [1.54, 1.807) is 6.07 Å². The Kier molecular flexibility index (Phi) is 7.61. The lowest BCUT2D eigenvalue weighted by Crippen LogP contribution is -2.35. The molecule has 30 heavy (non-hydrogen) atoms. The number of hydrogen-bond acceptors (Lipinski definition) is 6. The van der Waals surface area contributed by atoms with Crippen molar-refractivity contribution in [3.05, 3.63) is 33.7 Å². The van der Waals surface area contributed by atoms with Crippen LogP contribution in [0.25, 0.3) is 0 Å². The molecule has 1 saturated heterocycles. The van der Waals surface area contributed by atoms with Gasteiger partial charge in [0.05, 0.1) is 10.8 Å². The van der Waals surface area contributed by atoms with E-state index in [0.29, 0.717) is 30.5 Å². The molecule has 12 heteroatoms. The van der Waals surface area contributed by atoms with Crippen molar-refractivity contribution in [1.82, 2.24) is 19.1 Å². The van der Waals surface area contributed by atoms with Crippen molar-refractivity contribution in [2.75, 3.05) is 24.2 Å². The summed E-state index contributed by atoms with van der Waals surface area (Å²) in [6.45, 7) is 3.38. The van der Waals surface area contributed by atoms with Gasteiger partial charge in [0, 0.05) is 25.3 Å². The van der Waals surface area contributed by atoms with Gasteiger partial charge < -0.3 is 5.32 Å². The topological polar surface area (TPSA) is 117 Å². The molecule has 9 nitrogen and oxygen atoms in total. The Bertz CT molecular complexity index is 1060. The maximum atomic E-state index is 12.9. The minimum absolute atomic E-state index is 0.0133. The van der Waals surface area contributed by atoms with Crippen LogP contribution in [0, 0.1) is 0 Å². The van der Waals surface area contributed by atoms with E-state index >= 15 is 0 Å². The Morgan fingerprint density at radius 2 is 2.03 bits per heavy atom. The smallest absolute Gasteiger partial charge is 0.325 e. The first-order chi connectivity index (χ1) is 14.3. The van der Waals surface area contributed by atoms with Crippen molar-refractivity contribution >= 4 is 45.0 Å². The zero-order valence-corrected chi connectivity index (χ0v) is 18.9. The van der Waals surface area contributed by atoms with Crippen LogP contribution in [-0.4, -0.2) is 52.2 Å². The van der Waals surface area contributed by atoms with Gasteiger partial charge in [0.1, 0.15) is 4.90 Å². The molecule has 0 spiro atoms. The number of sulfonamides is 1. The quantitative estimate of drug-likeness (QED) is 0.569. The van der Waals surface area contributed by atoms with Gasteiger partial charge in [-0.25, -0.2) is 18.3 Å². The molecule has 2 aromatic rings. The summed E-state index contributed by atoms with van der Waals surface area (Å²) in [6, 6.07) is 4.41. The summed E-state index contributed by atoms with van der Waals surface area (Å²) in [7, 11) is -3.72. The van der Waals surface area contributed by atoms with Crippen LogP contribution in [0.4, 0.5) is 5.69 Å². The van der Waals surface area contributed by atoms with Gasteiger partial charge in [0.25, 0.3) is 0 Å². The van der Waals surface area contributed by atoms with Crippen molar-refractivity contribution in [2.24, 2.45) is 0 Å². The second-order valence-electron chi connectivity index (χ2n) is 6.91. The number of aromatic amines is 1. The lowest BCUT2D eigenvalue weighted by molar-refractivity contribution is -0.113.